The van der Waals surface area contributed by atoms with Crippen LogP contribution >= 0.6 is 0 Å². The van der Waals surface area contributed by atoms with Gasteiger partial charge in [0, 0.05) is 32.2 Å². The van der Waals surface area contributed by atoms with E-state index in [0.717, 1.165) is 32.6 Å². The number of hydrogen-bond acceptors (Lipinski definition) is 4. The molecule has 1 saturated heterocycles. The number of rotatable bonds is 8. The van der Waals surface area contributed by atoms with Crippen LogP contribution in [0, 0.1) is 0 Å². The van der Waals surface area contributed by atoms with Crippen LogP contribution in [0.15, 0.2) is 30.3 Å². The second-order valence-corrected chi connectivity index (χ2v) is 6.24. The van der Waals surface area contributed by atoms with Crippen molar-refractivity contribution in [1.29, 1.82) is 0 Å². The van der Waals surface area contributed by atoms with Crippen molar-refractivity contribution in [3.8, 4) is 0 Å². The first kappa shape index (κ1) is 17.9. The Balaban J connectivity index is 1.79. The highest BCUT2D eigenvalue weighted by molar-refractivity contribution is 5.81. The van der Waals surface area contributed by atoms with Crippen LogP contribution in [-0.2, 0) is 11.3 Å². The summed E-state index contributed by atoms with van der Waals surface area (Å²) in [5.41, 5.74) is 1.31. The molecule has 0 aromatic heterocycles. The van der Waals surface area contributed by atoms with Crippen molar-refractivity contribution in [2.45, 2.75) is 38.9 Å². The van der Waals surface area contributed by atoms with Gasteiger partial charge >= 0.3 is 0 Å². The second-order valence-electron chi connectivity index (χ2n) is 6.24. The Bertz CT molecular complexity index is 480. The zero-order valence-corrected chi connectivity index (χ0v) is 14.2. The number of amides is 1. The van der Waals surface area contributed by atoms with Crippen LogP contribution < -0.4 is 5.32 Å². The van der Waals surface area contributed by atoms with E-state index in [2.05, 4.69) is 34.5 Å². The highest BCUT2D eigenvalue weighted by atomic mass is 16.3. The standard InChI is InChI=1S/C18H29N3O2/c1-3-21(11-12-22)15(2)18(23)19-17-9-10-20(14-17)13-16-7-5-4-6-8-16/h4-8,15,17,22H,3,9-14H2,1-2H3,(H,19,23). The maximum absolute atomic E-state index is 12.4. The van der Waals surface area contributed by atoms with Gasteiger partial charge in [0.15, 0.2) is 0 Å². The average Bonchev–Trinajstić information content (AvgIpc) is 2.99. The van der Waals surface area contributed by atoms with Crippen molar-refractivity contribution >= 4 is 5.91 Å². The number of nitrogens with zero attached hydrogens (tertiary/aromatic N) is 2. The minimum atomic E-state index is -0.199. The van der Waals surface area contributed by atoms with Crippen LogP contribution in [-0.4, -0.2) is 65.7 Å². The predicted molar refractivity (Wildman–Crippen MR) is 92.1 cm³/mol. The Hall–Kier alpha value is -1.43. The van der Waals surface area contributed by atoms with E-state index in [9.17, 15) is 4.79 Å². The molecule has 2 atom stereocenters. The maximum Gasteiger partial charge on any atom is 0.237 e. The van der Waals surface area contributed by atoms with Crippen LogP contribution in [0.25, 0.3) is 0 Å². The van der Waals surface area contributed by atoms with Crippen molar-refractivity contribution in [1.82, 2.24) is 15.1 Å². The Morgan fingerprint density at radius 3 is 2.83 bits per heavy atom. The molecular formula is C18H29N3O2. The molecule has 23 heavy (non-hydrogen) atoms. The summed E-state index contributed by atoms with van der Waals surface area (Å²) in [6.45, 7) is 8.16. The molecule has 1 amide bonds. The molecule has 1 aliphatic rings. The summed E-state index contributed by atoms with van der Waals surface area (Å²) in [5, 5.41) is 12.2. The number of benzene rings is 1. The summed E-state index contributed by atoms with van der Waals surface area (Å²) in [5.74, 6) is 0.0619. The minimum Gasteiger partial charge on any atom is -0.395 e. The summed E-state index contributed by atoms with van der Waals surface area (Å²) in [6.07, 6.45) is 0.997. The van der Waals surface area contributed by atoms with Crippen LogP contribution in [0.1, 0.15) is 25.8 Å². The molecular weight excluding hydrogens is 290 g/mol. The van der Waals surface area contributed by atoms with Crippen molar-refractivity contribution < 1.29 is 9.90 Å². The van der Waals surface area contributed by atoms with E-state index in [-0.39, 0.29) is 24.6 Å². The van der Waals surface area contributed by atoms with Gasteiger partial charge in [-0.05, 0) is 25.5 Å². The van der Waals surface area contributed by atoms with Crippen LogP contribution in [0.4, 0.5) is 0 Å². The Morgan fingerprint density at radius 2 is 2.17 bits per heavy atom. The van der Waals surface area contributed by atoms with Gasteiger partial charge in [-0.1, -0.05) is 37.3 Å². The lowest BCUT2D eigenvalue weighted by Crippen LogP contribution is -2.49. The Labute approximate surface area is 139 Å². The van der Waals surface area contributed by atoms with Crippen LogP contribution in [0.5, 0.6) is 0 Å². The SMILES string of the molecule is CCN(CCO)C(C)C(=O)NC1CCN(Cc2ccccc2)C1. The fourth-order valence-electron chi connectivity index (χ4n) is 3.18. The monoisotopic (exact) mass is 319 g/mol. The van der Waals surface area contributed by atoms with Crippen molar-refractivity contribution in [2.75, 3.05) is 32.8 Å². The summed E-state index contributed by atoms with van der Waals surface area (Å²) < 4.78 is 0. The number of aliphatic hydroxyl groups is 1. The lowest BCUT2D eigenvalue weighted by Gasteiger charge is -2.27. The van der Waals surface area contributed by atoms with Crippen molar-refractivity contribution in [3.05, 3.63) is 35.9 Å². The van der Waals surface area contributed by atoms with E-state index in [1.807, 2.05) is 24.8 Å². The molecule has 0 spiro atoms. The molecule has 0 radical (unpaired) electrons. The molecule has 2 rings (SSSR count). The summed E-state index contributed by atoms with van der Waals surface area (Å²) >= 11 is 0. The molecule has 5 heteroatoms. The van der Waals surface area contributed by atoms with Crippen molar-refractivity contribution in [3.63, 3.8) is 0 Å². The van der Waals surface area contributed by atoms with Gasteiger partial charge in [-0.15, -0.1) is 0 Å². The average molecular weight is 319 g/mol. The topological polar surface area (TPSA) is 55.8 Å². The molecule has 1 aromatic rings. The zero-order valence-electron chi connectivity index (χ0n) is 14.2. The quantitative estimate of drug-likeness (QED) is 0.753. The lowest BCUT2D eigenvalue weighted by molar-refractivity contribution is -0.126. The molecule has 0 bridgehead atoms. The largest absolute Gasteiger partial charge is 0.395 e. The number of likely N-dealkylation sites (N-methyl/N-ethyl adjacent to an activating group) is 1. The number of aliphatic hydroxyl groups excluding tert-OH is 1. The van der Waals surface area contributed by atoms with Gasteiger partial charge in [0.2, 0.25) is 5.91 Å². The summed E-state index contributed by atoms with van der Waals surface area (Å²) in [4.78, 5) is 16.8. The van der Waals surface area contributed by atoms with Crippen molar-refractivity contribution in [2.24, 2.45) is 0 Å². The number of carbonyl (C=O) groups excluding carboxylic acids is 1. The normalized spacial score (nSPS) is 19.9. The van der Waals surface area contributed by atoms with Gasteiger partial charge in [-0.25, -0.2) is 0 Å². The van der Waals surface area contributed by atoms with E-state index in [1.165, 1.54) is 5.56 Å². The van der Waals surface area contributed by atoms with E-state index < -0.39 is 0 Å². The number of carbonyl (C=O) groups is 1. The Kier molecular flexibility index (Phi) is 7.02. The first-order valence-electron chi connectivity index (χ1n) is 8.55. The van der Waals surface area contributed by atoms with Crippen LogP contribution in [0.3, 0.4) is 0 Å². The third-order valence-electron chi connectivity index (χ3n) is 4.59. The molecule has 5 nitrogen and oxygen atoms in total. The molecule has 1 heterocycles. The molecule has 1 aliphatic heterocycles. The van der Waals surface area contributed by atoms with E-state index in [4.69, 9.17) is 5.11 Å². The van der Waals surface area contributed by atoms with E-state index in [1.54, 1.807) is 0 Å². The molecule has 2 unspecified atom stereocenters. The summed E-state index contributed by atoms with van der Waals surface area (Å²) in [7, 11) is 0. The molecule has 1 aromatic carbocycles. The summed E-state index contributed by atoms with van der Waals surface area (Å²) in [6, 6.07) is 10.5. The lowest BCUT2D eigenvalue weighted by atomic mass is 10.2. The molecule has 0 aliphatic carbocycles. The number of nitrogens with one attached hydrogen (secondary N) is 1. The third kappa shape index (κ3) is 5.30. The van der Waals surface area contributed by atoms with Gasteiger partial charge in [-0.3, -0.25) is 14.6 Å². The highest BCUT2D eigenvalue weighted by Gasteiger charge is 2.27. The number of hydrogen-bond donors (Lipinski definition) is 2. The van der Waals surface area contributed by atoms with Gasteiger partial charge in [-0.2, -0.15) is 0 Å². The van der Waals surface area contributed by atoms with Crippen LogP contribution in [0.2, 0.25) is 0 Å². The Morgan fingerprint density at radius 1 is 1.43 bits per heavy atom. The third-order valence-corrected chi connectivity index (χ3v) is 4.59. The second kappa shape index (κ2) is 9.01. The first-order chi connectivity index (χ1) is 11.1. The predicted octanol–water partition coefficient (Wildman–Crippen LogP) is 1.08. The minimum absolute atomic E-state index is 0.0619. The van der Waals surface area contributed by atoms with Gasteiger partial charge in [0.1, 0.15) is 0 Å². The van der Waals surface area contributed by atoms with E-state index >= 15 is 0 Å². The fraction of sp³-hybridized carbons (Fsp3) is 0.611. The highest BCUT2D eigenvalue weighted by Crippen LogP contribution is 2.14. The molecule has 2 N–H and O–H groups in total. The number of likely N-dealkylation sites (tertiary alicyclic amines) is 1. The maximum atomic E-state index is 12.4. The molecule has 1 fully saturated rings. The fourth-order valence-corrected chi connectivity index (χ4v) is 3.18. The van der Waals surface area contributed by atoms with Gasteiger partial charge in [0.25, 0.3) is 0 Å². The smallest absolute Gasteiger partial charge is 0.237 e. The van der Waals surface area contributed by atoms with E-state index in [0.29, 0.717) is 6.54 Å². The first-order valence-corrected chi connectivity index (χ1v) is 8.55. The zero-order chi connectivity index (χ0) is 16.7. The van der Waals surface area contributed by atoms with Gasteiger partial charge < -0.3 is 10.4 Å². The molecule has 128 valence electrons. The molecule has 0 saturated carbocycles. The van der Waals surface area contributed by atoms with Gasteiger partial charge in [0.05, 0.1) is 12.6 Å².